The van der Waals surface area contributed by atoms with E-state index < -0.39 is 5.91 Å². The maximum atomic E-state index is 12.5. The van der Waals surface area contributed by atoms with Gasteiger partial charge in [-0.15, -0.1) is 0 Å². The van der Waals surface area contributed by atoms with Crippen molar-refractivity contribution in [1.29, 1.82) is 0 Å². The van der Waals surface area contributed by atoms with E-state index in [2.05, 4.69) is 6.92 Å². The molecule has 0 aliphatic heterocycles. The monoisotopic (exact) mass is 309 g/mol. The van der Waals surface area contributed by atoms with Gasteiger partial charge in [-0.1, -0.05) is 55.5 Å². The molecule has 0 fully saturated rings. The number of ketones is 1. The van der Waals surface area contributed by atoms with Gasteiger partial charge in [-0.05, 0) is 29.2 Å². The first-order valence-electron chi connectivity index (χ1n) is 7.46. The molecule has 0 aliphatic carbocycles. The molecule has 4 nitrogen and oxygen atoms in total. The van der Waals surface area contributed by atoms with E-state index in [1.54, 1.807) is 24.3 Å². The number of amides is 1. The molecular formula is C19H19NO3. The predicted molar refractivity (Wildman–Crippen MR) is 89.3 cm³/mol. The van der Waals surface area contributed by atoms with Crippen LogP contribution in [0.1, 0.15) is 34.0 Å². The lowest BCUT2D eigenvalue weighted by molar-refractivity contribution is -0.124. The largest absolute Gasteiger partial charge is 0.294 e. The van der Waals surface area contributed by atoms with Crippen molar-refractivity contribution < 1.29 is 14.8 Å². The van der Waals surface area contributed by atoms with Gasteiger partial charge in [0.2, 0.25) is 0 Å². The van der Waals surface area contributed by atoms with Crippen molar-refractivity contribution in [2.75, 3.05) is 0 Å². The van der Waals surface area contributed by atoms with Crippen molar-refractivity contribution in [1.82, 2.24) is 5.48 Å². The maximum Gasteiger partial charge on any atom is 0.267 e. The Morgan fingerprint density at radius 1 is 1.04 bits per heavy atom. The summed E-state index contributed by atoms with van der Waals surface area (Å²) in [6.45, 7) is 2.09. The van der Waals surface area contributed by atoms with Crippen LogP contribution in [0.4, 0.5) is 0 Å². The normalized spacial score (nSPS) is 10.7. The molecular weight excluding hydrogens is 290 g/mol. The van der Waals surface area contributed by atoms with Crippen LogP contribution in [0.5, 0.6) is 0 Å². The van der Waals surface area contributed by atoms with Gasteiger partial charge in [0.25, 0.3) is 5.91 Å². The molecule has 0 atom stereocenters. The molecule has 0 spiro atoms. The summed E-state index contributed by atoms with van der Waals surface area (Å²) < 4.78 is 0. The third-order valence-electron chi connectivity index (χ3n) is 3.58. The van der Waals surface area contributed by atoms with E-state index in [1.165, 1.54) is 23.2 Å². The van der Waals surface area contributed by atoms with Crippen LogP contribution in [-0.2, 0) is 17.6 Å². The molecule has 0 aliphatic rings. The molecule has 0 saturated heterocycles. The molecule has 1 amide bonds. The van der Waals surface area contributed by atoms with Crippen molar-refractivity contribution >= 4 is 17.8 Å². The molecule has 0 radical (unpaired) electrons. The molecule has 118 valence electrons. The van der Waals surface area contributed by atoms with E-state index in [1.807, 2.05) is 24.3 Å². The van der Waals surface area contributed by atoms with E-state index in [9.17, 15) is 9.59 Å². The SMILES string of the molecule is CCc1ccc(CC(=O)c2ccccc2/C=C/C(=O)NO)cc1. The van der Waals surface area contributed by atoms with E-state index >= 15 is 0 Å². The van der Waals surface area contributed by atoms with Crippen molar-refractivity contribution in [3.8, 4) is 0 Å². The fourth-order valence-electron chi connectivity index (χ4n) is 2.27. The number of hydroxylamine groups is 1. The predicted octanol–water partition coefficient (Wildman–Crippen LogP) is 3.19. The minimum atomic E-state index is -0.637. The molecule has 2 N–H and O–H groups in total. The Kier molecular flexibility index (Phi) is 5.83. The summed E-state index contributed by atoms with van der Waals surface area (Å²) in [6, 6.07) is 15.1. The van der Waals surface area contributed by atoms with Crippen molar-refractivity contribution in [3.05, 3.63) is 76.9 Å². The van der Waals surface area contributed by atoms with Gasteiger partial charge in [0.15, 0.2) is 5.78 Å². The molecule has 0 heterocycles. The average molecular weight is 309 g/mol. The summed E-state index contributed by atoms with van der Waals surface area (Å²) in [4.78, 5) is 23.6. The van der Waals surface area contributed by atoms with Gasteiger partial charge in [-0.2, -0.15) is 0 Å². The summed E-state index contributed by atoms with van der Waals surface area (Å²) >= 11 is 0. The van der Waals surface area contributed by atoms with E-state index in [-0.39, 0.29) is 5.78 Å². The lowest BCUT2D eigenvalue weighted by Crippen LogP contribution is -2.15. The second-order valence-electron chi connectivity index (χ2n) is 5.17. The fourth-order valence-corrected chi connectivity index (χ4v) is 2.27. The zero-order chi connectivity index (χ0) is 16.7. The molecule has 2 aromatic carbocycles. The Morgan fingerprint density at radius 2 is 1.70 bits per heavy atom. The van der Waals surface area contributed by atoms with Crippen LogP contribution in [0.25, 0.3) is 6.08 Å². The highest BCUT2D eigenvalue weighted by Crippen LogP contribution is 2.15. The van der Waals surface area contributed by atoms with Gasteiger partial charge >= 0.3 is 0 Å². The Bertz CT molecular complexity index is 718. The van der Waals surface area contributed by atoms with Gasteiger partial charge in [-0.3, -0.25) is 14.8 Å². The van der Waals surface area contributed by atoms with Crippen LogP contribution in [0.3, 0.4) is 0 Å². The fraction of sp³-hybridized carbons (Fsp3) is 0.158. The standard InChI is InChI=1S/C19H19NO3/c1-2-14-7-9-15(10-8-14)13-18(21)17-6-4-3-5-16(17)11-12-19(22)20-23/h3-12,23H,2,13H2,1H3,(H,20,22)/b12-11+. The first-order valence-corrected chi connectivity index (χ1v) is 7.46. The Balaban J connectivity index is 2.18. The molecule has 23 heavy (non-hydrogen) atoms. The number of benzene rings is 2. The molecule has 2 rings (SSSR count). The first-order chi connectivity index (χ1) is 11.1. The van der Waals surface area contributed by atoms with E-state index in [0.29, 0.717) is 17.5 Å². The quantitative estimate of drug-likeness (QED) is 0.373. The number of carbonyl (C=O) groups excluding carboxylic acids is 2. The molecule has 0 unspecified atom stereocenters. The molecule has 0 aromatic heterocycles. The highest BCUT2D eigenvalue weighted by Gasteiger charge is 2.10. The number of hydrogen-bond donors (Lipinski definition) is 2. The van der Waals surface area contributed by atoms with Crippen LogP contribution in [0, 0.1) is 0 Å². The van der Waals surface area contributed by atoms with E-state index in [4.69, 9.17) is 5.21 Å². The van der Waals surface area contributed by atoms with Gasteiger partial charge in [0, 0.05) is 18.1 Å². The number of rotatable bonds is 6. The average Bonchev–Trinajstić information content (AvgIpc) is 2.60. The van der Waals surface area contributed by atoms with Crippen LogP contribution >= 0.6 is 0 Å². The summed E-state index contributed by atoms with van der Waals surface area (Å²) in [5, 5.41) is 8.51. The van der Waals surface area contributed by atoms with Crippen molar-refractivity contribution in [3.63, 3.8) is 0 Å². The van der Waals surface area contributed by atoms with Crippen molar-refractivity contribution in [2.24, 2.45) is 0 Å². The second kappa shape index (κ2) is 8.06. The summed E-state index contributed by atoms with van der Waals surface area (Å²) in [5.41, 5.74) is 4.91. The van der Waals surface area contributed by atoms with Crippen LogP contribution < -0.4 is 5.48 Å². The Morgan fingerprint density at radius 3 is 2.35 bits per heavy atom. The molecule has 0 saturated carbocycles. The summed E-state index contributed by atoms with van der Waals surface area (Å²) in [6.07, 6.45) is 3.97. The third-order valence-corrected chi connectivity index (χ3v) is 3.58. The minimum absolute atomic E-state index is 0.0149. The van der Waals surface area contributed by atoms with Crippen molar-refractivity contribution in [2.45, 2.75) is 19.8 Å². The van der Waals surface area contributed by atoms with Gasteiger partial charge < -0.3 is 0 Å². The molecule has 0 bridgehead atoms. The number of Topliss-reactive ketones (excluding diaryl/α,β-unsaturated/α-hetero) is 1. The Labute approximate surface area is 135 Å². The summed E-state index contributed by atoms with van der Waals surface area (Å²) in [7, 11) is 0. The Hall–Kier alpha value is -2.72. The number of carbonyl (C=O) groups is 2. The lowest BCUT2D eigenvalue weighted by atomic mass is 9.97. The van der Waals surface area contributed by atoms with Gasteiger partial charge in [0.05, 0.1) is 0 Å². The third kappa shape index (κ3) is 4.63. The zero-order valence-electron chi connectivity index (χ0n) is 13.0. The van der Waals surface area contributed by atoms with Gasteiger partial charge in [0.1, 0.15) is 0 Å². The molecule has 4 heteroatoms. The lowest BCUT2D eigenvalue weighted by Gasteiger charge is -2.06. The first kappa shape index (κ1) is 16.6. The van der Waals surface area contributed by atoms with Gasteiger partial charge in [-0.25, -0.2) is 5.48 Å². The zero-order valence-corrected chi connectivity index (χ0v) is 13.0. The smallest absolute Gasteiger partial charge is 0.267 e. The second-order valence-corrected chi connectivity index (χ2v) is 5.17. The van der Waals surface area contributed by atoms with E-state index in [0.717, 1.165) is 12.0 Å². The molecule has 2 aromatic rings. The minimum Gasteiger partial charge on any atom is -0.294 e. The van der Waals surface area contributed by atoms with Crippen LogP contribution in [0.2, 0.25) is 0 Å². The topological polar surface area (TPSA) is 66.4 Å². The number of nitrogens with one attached hydrogen (secondary N) is 1. The maximum absolute atomic E-state index is 12.5. The number of aryl methyl sites for hydroxylation is 1. The highest BCUT2D eigenvalue weighted by molar-refractivity contribution is 6.01. The van der Waals surface area contributed by atoms with Crippen LogP contribution in [0.15, 0.2) is 54.6 Å². The van der Waals surface area contributed by atoms with Crippen LogP contribution in [-0.4, -0.2) is 16.9 Å². The number of hydrogen-bond acceptors (Lipinski definition) is 3. The summed E-state index contributed by atoms with van der Waals surface area (Å²) in [5.74, 6) is -0.652. The highest BCUT2D eigenvalue weighted by atomic mass is 16.5.